The fourth-order valence-corrected chi connectivity index (χ4v) is 3.48. The molecule has 0 aromatic heterocycles. The van der Waals surface area contributed by atoms with Gasteiger partial charge in [-0.1, -0.05) is 43.3 Å². The summed E-state index contributed by atoms with van der Waals surface area (Å²) in [5, 5.41) is 3.93. The van der Waals surface area contributed by atoms with Gasteiger partial charge in [0.2, 0.25) is 0 Å². The monoisotopic (exact) mass is 300 g/mol. The second kappa shape index (κ2) is 6.14. The van der Waals surface area contributed by atoms with Gasteiger partial charge in [-0.3, -0.25) is 4.99 Å². The Kier molecular flexibility index (Phi) is 4.74. The Bertz CT molecular complexity index is 486. The number of aliphatic imine (C=N–C) groups is 1. The molecule has 1 aliphatic heterocycles. The van der Waals surface area contributed by atoms with E-state index in [2.05, 4.69) is 24.2 Å². The Morgan fingerprint density at radius 1 is 1.42 bits per heavy atom. The number of anilines is 1. The number of nitrogens with one attached hydrogen (secondary N) is 1. The van der Waals surface area contributed by atoms with Crippen LogP contribution in [0.4, 0.5) is 10.1 Å². The van der Waals surface area contributed by atoms with E-state index in [4.69, 9.17) is 11.6 Å². The number of hydrogen-bond acceptors (Lipinski definition) is 3. The smallest absolute Gasteiger partial charge is 0.165 e. The summed E-state index contributed by atoms with van der Waals surface area (Å²) in [6.07, 6.45) is 2.25. The van der Waals surface area contributed by atoms with Crippen molar-refractivity contribution in [3.63, 3.8) is 0 Å². The zero-order chi connectivity index (χ0) is 13.9. The van der Waals surface area contributed by atoms with Crippen LogP contribution in [0.15, 0.2) is 23.2 Å². The fourth-order valence-electron chi connectivity index (χ4n) is 2.02. The summed E-state index contributed by atoms with van der Waals surface area (Å²) in [6.45, 7) is 5.21. The Morgan fingerprint density at radius 2 is 2.16 bits per heavy atom. The van der Waals surface area contributed by atoms with Gasteiger partial charge in [-0.05, 0) is 30.4 Å². The summed E-state index contributed by atoms with van der Waals surface area (Å²) < 4.78 is 13.8. The average molecular weight is 301 g/mol. The van der Waals surface area contributed by atoms with Crippen LogP contribution in [0.25, 0.3) is 0 Å². The fraction of sp³-hybridized carbons (Fsp3) is 0.500. The van der Waals surface area contributed by atoms with Crippen molar-refractivity contribution >= 4 is 34.2 Å². The predicted octanol–water partition coefficient (Wildman–Crippen LogP) is 4.80. The maximum atomic E-state index is 13.8. The summed E-state index contributed by atoms with van der Waals surface area (Å²) in [7, 11) is 0. The Balaban J connectivity index is 2.09. The molecule has 0 bridgehead atoms. The van der Waals surface area contributed by atoms with Crippen LogP contribution in [0.5, 0.6) is 0 Å². The molecule has 0 radical (unpaired) electrons. The van der Waals surface area contributed by atoms with Gasteiger partial charge in [-0.2, -0.15) is 0 Å². The lowest BCUT2D eigenvalue weighted by molar-refractivity contribution is 0.318. The van der Waals surface area contributed by atoms with Gasteiger partial charge >= 0.3 is 0 Å². The van der Waals surface area contributed by atoms with E-state index >= 15 is 0 Å². The zero-order valence-corrected chi connectivity index (χ0v) is 12.7. The van der Waals surface area contributed by atoms with Crippen LogP contribution in [-0.4, -0.2) is 17.5 Å². The maximum absolute atomic E-state index is 13.8. The van der Waals surface area contributed by atoms with Gasteiger partial charge in [-0.15, -0.1) is 0 Å². The van der Waals surface area contributed by atoms with Crippen LogP contribution < -0.4 is 5.32 Å². The number of amidine groups is 1. The largest absolute Gasteiger partial charge is 0.333 e. The van der Waals surface area contributed by atoms with Crippen molar-refractivity contribution in [2.24, 2.45) is 10.4 Å². The predicted molar refractivity (Wildman–Crippen MR) is 82.8 cm³/mol. The minimum Gasteiger partial charge on any atom is -0.333 e. The molecule has 0 atom stereocenters. The van der Waals surface area contributed by atoms with Crippen LogP contribution in [0.3, 0.4) is 0 Å². The lowest BCUT2D eigenvalue weighted by Crippen LogP contribution is -2.32. The SMILES string of the molecule is CCC1(CC)CN=C(Nc2cccc(Cl)c2F)SC1. The summed E-state index contributed by atoms with van der Waals surface area (Å²) in [6, 6.07) is 4.94. The normalized spacial score (nSPS) is 18.0. The van der Waals surface area contributed by atoms with Crippen molar-refractivity contribution in [1.29, 1.82) is 0 Å². The number of thioether (sulfide) groups is 1. The van der Waals surface area contributed by atoms with Crippen molar-refractivity contribution in [1.82, 2.24) is 0 Å². The third-order valence-electron chi connectivity index (χ3n) is 3.77. The zero-order valence-electron chi connectivity index (χ0n) is 11.2. The van der Waals surface area contributed by atoms with Crippen molar-refractivity contribution in [2.75, 3.05) is 17.6 Å². The summed E-state index contributed by atoms with van der Waals surface area (Å²) in [4.78, 5) is 4.55. The van der Waals surface area contributed by atoms with Crippen molar-refractivity contribution < 1.29 is 4.39 Å². The van der Waals surface area contributed by atoms with Crippen LogP contribution in [-0.2, 0) is 0 Å². The molecular weight excluding hydrogens is 283 g/mol. The van der Waals surface area contributed by atoms with Gasteiger partial charge in [0.05, 0.1) is 10.7 Å². The molecule has 1 aliphatic rings. The van der Waals surface area contributed by atoms with E-state index in [1.807, 2.05) is 0 Å². The lowest BCUT2D eigenvalue weighted by Gasteiger charge is -2.33. The molecule has 0 saturated heterocycles. The molecule has 0 saturated carbocycles. The summed E-state index contributed by atoms with van der Waals surface area (Å²) in [5.41, 5.74) is 0.683. The standard InChI is InChI=1S/C14H18ClFN2S/c1-3-14(4-2)8-17-13(19-9-14)18-11-7-5-6-10(15)12(11)16/h5-7H,3-4,8-9H2,1-2H3,(H,17,18). The van der Waals surface area contributed by atoms with Crippen molar-refractivity contribution in [3.8, 4) is 0 Å². The van der Waals surface area contributed by atoms with Gasteiger partial charge in [-0.25, -0.2) is 4.39 Å². The van der Waals surface area contributed by atoms with E-state index in [-0.39, 0.29) is 5.02 Å². The minimum atomic E-state index is -0.421. The maximum Gasteiger partial charge on any atom is 0.165 e. The highest BCUT2D eigenvalue weighted by molar-refractivity contribution is 8.14. The first-order valence-corrected chi connectivity index (χ1v) is 7.85. The number of hydrogen-bond donors (Lipinski definition) is 1. The number of rotatable bonds is 3. The first kappa shape index (κ1) is 14.7. The van der Waals surface area contributed by atoms with Gasteiger partial charge < -0.3 is 5.32 Å². The third-order valence-corrected chi connectivity index (χ3v) is 5.32. The molecule has 0 aliphatic carbocycles. The van der Waals surface area contributed by atoms with E-state index in [0.717, 1.165) is 30.3 Å². The molecule has 1 N–H and O–H groups in total. The second-order valence-corrected chi connectivity index (χ2v) is 6.21. The first-order valence-electron chi connectivity index (χ1n) is 6.48. The Morgan fingerprint density at radius 3 is 2.74 bits per heavy atom. The molecule has 0 unspecified atom stereocenters. The number of nitrogens with zero attached hydrogens (tertiary/aromatic N) is 1. The summed E-state index contributed by atoms with van der Waals surface area (Å²) >= 11 is 7.42. The molecule has 1 aromatic carbocycles. The van der Waals surface area contributed by atoms with Crippen molar-refractivity contribution in [3.05, 3.63) is 29.0 Å². The van der Waals surface area contributed by atoms with Crippen LogP contribution in [0, 0.1) is 11.2 Å². The highest BCUT2D eigenvalue weighted by atomic mass is 35.5. The molecule has 0 amide bonds. The topological polar surface area (TPSA) is 24.4 Å². The molecule has 0 fully saturated rings. The molecule has 1 heterocycles. The number of benzene rings is 1. The van der Waals surface area contributed by atoms with Crippen LogP contribution in [0.2, 0.25) is 5.02 Å². The highest BCUT2D eigenvalue weighted by Crippen LogP contribution is 2.35. The van der Waals surface area contributed by atoms with Gasteiger partial charge in [0, 0.05) is 12.3 Å². The molecular formula is C14H18ClFN2S. The molecule has 1 aromatic rings. The van der Waals surface area contributed by atoms with E-state index in [1.165, 1.54) is 6.07 Å². The van der Waals surface area contributed by atoms with Crippen LogP contribution >= 0.6 is 23.4 Å². The summed E-state index contributed by atoms with van der Waals surface area (Å²) in [5.74, 6) is 0.601. The quantitative estimate of drug-likeness (QED) is 0.867. The molecule has 2 rings (SSSR count). The Hall–Kier alpha value is -0.740. The van der Waals surface area contributed by atoms with E-state index in [1.54, 1.807) is 23.9 Å². The van der Waals surface area contributed by atoms with E-state index < -0.39 is 5.82 Å². The van der Waals surface area contributed by atoms with E-state index in [0.29, 0.717) is 11.1 Å². The van der Waals surface area contributed by atoms with E-state index in [9.17, 15) is 4.39 Å². The van der Waals surface area contributed by atoms with Gasteiger partial charge in [0.15, 0.2) is 11.0 Å². The molecule has 104 valence electrons. The average Bonchev–Trinajstić information content (AvgIpc) is 2.45. The molecule has 19 heavy (non-hydrogen) atoms. The van der Waals surface area contributed by atoms with Crippen LogP contribution in [0.1, 0.15) is 26.7 Å². The molecule has 0 spiro atoms. The Labute approximate surface area is 122 Å². The highest BCUT2D eigenvalue weighted by Gasteiger charge is 2.30. The van der Waals surface area contributed by atoms with Gasteiger partial charge in [0.1, 0.15) is 0 Å². The second-order valence-electron chi connectivity index (χ2n) is 4.84. The molecule has 5 heteroatoms. The van der Waals surface area contributed by atoms with Crippen molar-refractivity contribution in [2.45, 2.75) is 26.7 Å². The lowest BCUT2D eigenvalue weighted by atomic mass is 9.84. The van der Waals surface area contributed by atoms with Gasteiger partial charge in [0.25, 0.3) is 0 Å². The number of halogens is 2. The first-order chi connectivity index (χ1) is 9.10. The molecule has 2 nitrogen and oxygen atoms in total. The minimum absolute atomic E-state index is 0.128. The third kappa shape index (κ3) is 3.23.